The average molecular weight is 275 g/mol. The summed E-state index contributed by atoms with van der Waals surface area (Å²) in [5.41, 5.74) is 1.54. The summed E-state index contributed by atoms with van der Waals surface area (Å²) in [7, 11) is 0. The molecule has 1 rings (SSSR count). The fraction of sp³-hybridized carbons (Fsp3) is 0.462. The Labute approximate surface area is 109 Å². The van der Waals surface area contributed by atoms with E-state index in [4.69, 9.17) is 5.11 Å². The molecule has 1 N–H and O–H groups in total. The molecule has 0 radical (unpaired) electrons. The number of nitrogens with zero attached hydrogens (tertiary/aromatic N) is 1. The molecule has 0 bridgehead atoms. The van der Waals surface area contributed by atoms with Crippen molar-refractivity contribution in [3.05, 3.63) is 35.4 Å². The molecule has 0 aliphatic heterocycles. The maximum Gasteiger partial charge on any atom is 0.401 e. The highest BCUT2D eigenvalue weighted by atomic mass is 19.4. The van der Waals surface area contributed by atoms with Gasteiger partial charge in [-0.15, -0.1) is 0 Å². The van der Waals surface area contributed by atoms with Crippen LogP contribution in [0.4, 0.5) is 13.2 Å². The second-order valence-electron chi connectivity index (χ2n) is 4.45. The lowest BCUT2D eigenvalue weighted by atomic mass is 10.0. The standard InChI is InChI=1S/C13H16F3NO2/c1-9-5-3-4-6-11(9)10(2)17(7-12(18)19)8-13(14,15)16/h3-6,10H,7-8H2,1-2H3,(H,18,19). The van der Waals surface area contributed by atoms with Gasteiger partial charge >= 0.3 is 12.1 Å². The lowest BCUT2D eigenvalue weighted by Gasteiger charge is -2.29. The van der Waals surface area contributed by atoms with Crippen molar-refractivity contribution < 1.29 is 23.1 Å². The van der Waals surface area contributed by atoms with Gasteiger partial charge in [-0.05, 0) is 25.0 Å². The molecule has 0 aromatic heterocycles. The van der Waals surface area contributed by atoms with Gasteiger partial charge < -0.3 is 5.11 Å². The summed E-state index contributed by atoms with van der Waals surface area (Å²) in [5.74, 6) is -1.27. The first-order valence-corrected chi connectivity index (χ1v) is 5.79. The van der Waals surface area contributed by atoms with E-state index in [0.29, 0.717) is 5.56 Å². The van der Waals surface area contributed by atoms with E-state index in [9.17, 15) is 18.0 Å². The van der Waals surface area contributed by atoms with Crippen LogP contribution in [-0.2, 0) is 4.79 Å². The molecule has 1 atom stereocenters. The number of aryl methyl sites for hydroxylation is 1. The van der Waals surface area contributed by atoms with Gasteiger partial charge in [-0.1, -0.05) is 24.3 Å². The zero-order valence-electron chi connectivity index (χ0n) is 10.7. The summed E-state index contributed by atoms with van der Waals surface area (Å²) >= 11 is 0. The van der Waals surface area contributed by atoms with Crippen LogP contribution in [0.25, 0.3) is 0 Å². The molecule has 106 valence electrons. The molecule has 1 unspecified atom stereocenters. The molecule has 3 nitrogen and oxygen atoms in total. The van der Waals surface area contributed by atoms with E-state index in [-0.39, 0.29) is 0 Å². The van der Waals surface area contributed by atoms with Gasteiger partial charge in [0, 0.05) is 6.04 Å². The number of benzene rings is 1. The summed E-state index contributed by atoms with van der Waals surface area (Å²) in [5, 5.41) is 8.74. The average Bonchev–Trinajstić information content (AvgIpc) is 2.25. The normalized spacial score (nSPS) is 13.6. The van der Waals surface area contributed by atoms with E-state index >= 15 is 0 Å². The van der Waals surface area contributed by atoms with Crippen molar-refractivity contribution in [3.63, 3.8) is 0 Å². The number of alkyl halides is 3. The van der Waals surface area contributed by atoms with Crippen LogP contribution >= 0.6 is 0 Å². The minimum atomic E-state index is -4.42. The first kappa shape index (κ1) is 15.5. The van der Waals surface area contributed by atoms with Crippen LogP contribution in [0.15, 0.2) is 24.3 Å². The zero-order valence-corrected chi connectivity index (χ0v) is 10.7. The third kappa shape index (κ3) is 4.90. The van der Waals surface area contributed by atoms with Gasteiger partial charge in [-0.2, -0.15) is 13.2 Å². The van der Waals surface area contributed by atoms with E-state index in [0.717, 1.165) is 10.5 Å². The second kappa shape index (κ2) is 6.06. The molecule has 1 aromatic carbocycles. The van der Waals surface area contributed by atoms with Gasteiger partial charge in [0.05, 0.1) is 13.1 Å². The minimum Gasteiger partial charge on any atom is -0.480 e. The molecule has 0 saturated heterocycles. The van der Waals surface area contributed by atoms with E-state index in [2.05, 4.69) is 0 Å². The predicted molar refractivity (Wildman–Crippen MR) is 64.9 cm³/mol. The molecule has 0 heterocycles. The Morgan fingerprint density at radius 3 is 2.42 bits per heavy atom. The summed E-state index contributed by atoms with van der Waals surface area (Å²) in [6.45, 7) is 1.49. The lowest BCUT2D eigenvalue weighted by Crippen LogP contribution is -2.39. The van der Waals surface area contributed by atoms with Crippen molar-refractivity contribution in [1.29, 1.82) is 0 Å². The summed E-state index contributed by atoms with van der Waals surface area (Å²) < 4.78 is 37.5. The highest BCUT2D eigenvalue weighted by molar-refractivity contribution is 5.69. The van der Waals surface area contributed by atoms with Gasteiger partial charge in [0.1, 0.15) is 0 Å². The van der Waals surface area contributed by atoms with Crippen molar-refractivity contribution in [2.45, 2.75) is 26.1 Å². The Bertz CT molecular complexity index is 446. The van der Waals surface area contributed by atoms with Crippen LogP contribution in [0.2, 0.25) is 0 Å². The van der Waals surface area contributed by atoms with Gasteiger partial charge in [-0.3, -0.25) is 9.69 Å². The van der Waals surface area contributed by atoms with Crippen molar-refractivity contribution in [2.24, 2.45) is 0 Å². The van der Waals surface area contributed by atoms with Crippen molar-refractivity contribution >= 4 is 5.97 Å². The summed E-state index contributed by atoms with van der Waals surface area (Å²) in [4.78, 5) is 11.6. The molecule has 0 aliphatic rings. The molecular formula is C13H16F3NO2. The van der Waals surface area contributed by atoms with Crippen LogP contribution in [0, 0.1) is 6.92 Å². The SMILES string of the molecule is Cc1ccccc1C(C)N(CC(=O)O)CC(F)(F)F. The molecule has 1 aromatic rings. The number of carboxylic acids is 1. The lowest BCUT2D eigenvalue weighted by molar-refractivity contribution is -0.157. The number of carboxylic acid groups (broad SMARTS) is 1. The Kier molecular flexibility index (Phi) is 4.94. The molecular weight excluding hydrogens is 259 g/mol. The number of aliphatic carboxylic acids is 1. The topological polar surface area (TPSA) is 40.5 Å². The zero-order chi connectivity index (χ0) is 14.6. The molecule has 0 aliphatic carbocycles. The highest BCUT2D eigenvalue weighted by Gasteiger charge is 2.34. The first-order chi connectivity index (χ1) is 8.70. The van der Waals surface area contributed by atoms with Crippen LogP contribution in [0.3, 0.4) is 0 Å². The summed E-state index contributed by atoms with van der Waals surface area (Å²) in [6, 6.07) is 6.41. The van der Waals surface area contributed by atoms with Gasteiger partial charge in [-0.25, -0.2) is 0 Å². The summed E-state index contributed by atoms with van der Waals surface area (Å²) in [6.07, 6.45) is -4.42. The maximum atomic E-state index is 12.5. The van der Waals surface area contributed by atoms with Crippen LogP contribution in [0.5, 0.6) is 0 Å². The largest absolute Gasteiger partial charge is 0.480 e. The van der Waals surface area contributed by atoms with E-state index < -0.39 is 31.3 Å². The molecule has 0 saturated carbocycles. The predicted octanol–water partition coefficient (Wildman–Crippen LogP) is 3.00. The molecule has 6 heteroatoms. The Balaban J connectivity index is 2.97. The Morgan fingerprint density at radius 2 is 1.95 bits per heavy atom. The molecule has 0 spiro atoms. The first-order valence-electron chi connectivity index (χ1n) is 5.79. The van der Waals surface area contributed by atoms with E-state index in [1.54, 1.807) is 38.1 Å². The number of carbonyl (C=O) groups is 1. The monoisotopic (exact) mass is 275 g/mol. The van der Waals surface area contributed by atoms with Gasteiger partial charge in [0.15, 0.2) is 0 Å². The molecule has 0 fully saturated rings. The number of halogens is 3. The van der Waals surface area contributed by atoms with Crippen LogP contribution < -0.4 is 0 Å². The molecule has 0 amide bonds. The Morgan fingerprint density at radius 1 is 1.37 bits per heavy atom. The van der Waals surface area contributed by atoms with Crippen molar-refractivity contribution in [3.8, 4) is 0 Å². The van der Waals surface area contributed by atoms with Gasteiger partial charge in [0.25, 0.3) is 0 Å². The van der Waals surface area contributed by atoms with Crippen molar-refractivity contribution in [2.75, 3.05) is 13.1 Å². The number of hydrogen-bond donors (Lipinski definition) is 1. The van der Waals surface area contributed by atoms with Crippen LogP contribution in [0.1, 0.15) is 24.1 Å². The van der Waals surface area contributed by atoms with Crippen molar-refractivity contribution in [1.82, 2.24) is 4.90 Å². The second-order valence-corrected chi connectivity index (χ2v) is 4.45. The third-order valence-electron chi connectivity index (χ3n) is 2.91. The third-order valence-corrected chi connectivity index (χ3v) is 2.91. The van der Waals surface area contributed by atoms with E-state index in [1.165, 1.54) is 0 Å². The smallest absolute Gasteiger partial charge is 0.401 e. The Hall–Kier alpha value is -1.56. The number of rotatable bonds is 5. The quantitative estimate of drug-likeness (QED) is 0.898. The fourth-order valence-corrected chi connectivity index (χ4v) is 1.99. The maximum absolute atomic E-state index is 12.5. The number of hydrogen-bond acceptors (Lipinski definition) is 2. The van der Waals surface area contributed by atoms with E-state index in [1.807, 2.05) is 0 Å². The fourth-order valence-electron chi connectivity index (χ4n) is 1.99. The molecule has 19 heavy (non-hydrogen) atoms. The highest BCUT2D eigenvalue weighted by Crippen LogP contribution is 2.27. The van der Waals surface area contributed by atoms with Gasteiger partial charge in [0.2, 0.25) is 0 Å². The van der Waals surface area contributed by atoms with Crippen LogP contribution in [-0.4, -0.2) is 35.2 Å². The minimum absolute atomic E-state index is 0.612.